The summed E-state index contributed by atoms with van der Waals surface area (Å²) in [5.74, 6) is -0.0333. The van der Waals surface area contributed by atoms with E-state index in [2.05, 4.69) is 5.32 Å². The lowest BCUT2D eigenvalue weighted by Crippen LogP contribution is -2.38. The SMILES string of the molecule is CCOC(=O)/C=C\[C@H](CC(C)C)NC(=O)OC(C)(C)C. The standard InChI is InChI=1S/C15H27NO4/c1-7-19-13(17)9-8-12(10-11(2)3)16-14(18)20-15(4,5)6/h8-9,11-12H,7,10H2,1-6H3,(H,16,18)/b9-8-/t12-/m1/s1. The second-order valence-corrected chi connectivity index (χ2v) is 5.99. The zero-order valence-corrected chi connectivity index (χ0v) is 13.4. The molecule has 116 valence electrons. The summed E-state index contributed by atoms with van der Waals surface area (Å²) < 4.78 is 10.0. The van der Waals surface area contributed by atoms with Crippen LogP contribution in [0.15, 0.2) is 12.2 Å². The lowest BCUT2D eigenvalue weighted by Gasteiger charge is -2.23. The largest absolute Gasteiger partial charge is 0.463 e. The zero-order valence-electron chi connectivity index (χ0n) is 13.4. The van der Waals surface area contributed by atoms with Gasteiger partial charge in [0.15, 0.2) is 0 Å². The number of ether oxygens (including phenoxy) is 2. The van der Waals surface area contributed by atoms with Crippen molar-refractivity contribution in [2.24, 2.45) is 5.92 Å². The number of hydrogen-bond acceptors (Lipinski definition) is 4. The Morgan fingerprint density at radius 2 is 1.85 bits per heavy atom. The zero-order chi connectivity index (χ0) is 15.8. The van der Waals surface area contributed by atoms with Gasteiger partial charge in [0.2, 0.25) is 0 Å². The van der Waals surface area contributed by atoms with E-state index in [4.69, 9.17) is 9.47 Å². The van der Waals surface area contributed by atoms with Gasteiger partial charge in [0.1, 0.15) is 5.60 Å². The summed E-state index contributed by atoms with van der Waals surface area (Å²) in [7, 11) is 0. The molecule has 0 aliphatic rings. The van der Waals surface area contributed by atoms with Crippen LogP contribution in [0.5, 0.6) is 0 Å². The van der Waals surface area contributed by atoms with Gasteiger partial charge in [0.05, 0.1) is 12.6 Å². The van der Waals surface area contributed by atoms with Crippen LogP contribution in [0.25, 0.3) is 0 Å². The van der Waals surface area contributed by atoms with E-state index in [1.165, 1.54) is 6.08 Å². The minimum Gasteiger partial charge on any atom is -0.463 e. The third-order valence-corrected chi connectivity index (χ3v) is 2.18. The van der Waals surface area contributed by atoms with Crippen molar-refractivity contribution in [2.75, 3.05) is 6.61 Å². The summed E-state index contributed by atoms with van der Waals surface area (Å²) >= 11 is 0. The van der Waals surface area contributed by atoms with E-state index in [1.54, 1.807) is 33.8 Å². The first-order valence-corrected chi connectivity index (χ1v) is 6.98. The molecule has 0 aromatic heterocycles. The Morgan fingerprint density at radius 1 is 1.25 bits per heavy atom. The Balaban J connectivity index is 4.56. The summed E-state index contributed by atoms with van der Waals surface area (Å²) in [6, 6.07) is -0.255. The van der Waals surface area contributed by atoms with E-state index in [0.29, 0.717) is 12.5 Å². The molecule has 0 saturated carbocycles. The molecule has 0 aromatic rings. The summed E-state index contributed by atoms with van der Waals surface area (Å²) in [5, 5.41) is 2.75. The molecule has 0 aromatic carbocycles. The fourth-order valence-corrected chi connectivity index (χ4v) is 1.54. The molecule has 0 rings (SSSR count). The lowest BCUT2D eigenvalue weighted by atomic mass is 10.0. The average Bonchev–Trinajstić information content (AvgIpc) is 2.22. The van der Waals surface area contributed by atoms with Gasteiger partial charge in [-0.25, -0.2) is 9.59 Å². The fourth-order valence-electron chi connectivity index (χ4n) is 1.54. The number of nitrogens with one attached hydrogen (secondary N) is 1. The lowest BCUT2D eigenvalue weighted by molar-refractivity contribution is -0.137. The third-order valence-electron chi connectivity index (χ3n) is 2.18. The molecule has 0 saturated heterocycles. The normalized spacial score (nSPS) is 13.3. The van der Waals surface area contributed by atoms with Crippen LogP contribution >= 0.6 is 0 Å². The fraction of sp³-hybridized carbons (Fsp3) is 0.733. The smallest absolute Gasteiger partial charge is 0.408 e. The van der Waals surface area contributed by atoms with Crippen LogP contribution in [0.3, 0.4) is 0 Å². The summed E-state index contributed by atoms with van der Waals surface area (Å²) in [6.07, 6.45) is 3.21. The van der Waals surface area contributed by atoms with Crippen molar-refractivity contribution in [3.05, 3.63) is 12.2 Å². The molecule has 5 heteroatoms. The van der Waals surface area contributed by atoms with Crippen LogP contribution in [0.1, 0.15) is 48.0 Å². The molecule has 0 aliphatic heterocycles. The van der Waals surface area contributed by atoms with Gasteiger partial charge in [-0.3, -0.25) is 0 Å². The van der Waals surface area contributed by atoms with E-state index in [-0.39, 0.29) is 6.04 Å². The maximum Gasteiger partial charge on any atom is 0.408 e. The molecule has 0 radical (unpaired) electrons. The number of carbonyl (C=O) groups is 2. The van der Waals surface area contributed by atoms with Crippen LogP contribution in [-0.4, -0.2) is 30.3 Å². The Hall–Kier alpha value is -1.52. The minimum atomic E-state index is -0.544. The monoisotopic (exact) mass is 285 g/mol. The predicted molar refractivity (Wildman–Crippen MR) is 78.4 cm³/mol. The van der Waals surface area contributed by atoms with Crippen molar-refractivity contribution < 1.29 is 19.1 Å². The summed E-state index contributed by atoms with van der Waals surface area (Å²) in [6.45, 7) is 11.6. The maximum atomic E-state index is 11.7. The first-order chi connectivity index (χ1) is 9.14. The number of amides is 1. The van der Waals surface area contributed by atoms with Gasteiger partial charge in [-0.15, -0.1) is 0 Å². The van der Waals surface area contributed by atoms with Crippen LogP contribution in [0.2, 0.25) is 0 Å². The molecule has 0 fully saturated rings. The van der Waals surface area contributed by atoms with E-state index in [0.717, 1.165) is 6.42 Å². The Morgan fingerprint density at radius 3 is 2.30 bits per heavy atom. The van der Waals surface area contributed by atoms with Gasteiger partial charge < -0.3 is 14.8 Å². The van der Waals surface area contributed by atoms with Gasteiger partial charge in [-0.1, -0.05) is 19.9 Å². The topological polar surface area (TPSA) is 64.6 Å². The molecule has 5 nitrogen and oxygen atoms in total. The summed E-state index contributed by atoms with van der Waals surface area (Å²) in [5.41, 5.74) is -0.544. The average molecular weight is 285 g/mol. The van der Waals surface area contributed by atoms with Crippen molar-refractivity contribution >= 4 is 12.1 Å². The van der Waals surface area contributed by atoms with Crippen molar-refractivity contribution in [1.82, 2.24) is 5.32 Å². The van der Waals surface area contributed by atoms with E-state index in [9.17, 15) is 9.59 Å². The second-order valence-electron chi connectivity index (χ2n) is 5.99. The van der Waals surface area contributed by atoms with E-state index in [1.807, 2.05) is 13.8 Å². The highest BCUT2D eigenvalue weighted by atomic mass is 16.6. The molecule has 1 atom stereocenters. The number of alkyl carbamates (subject to hydrolysis) is 1. The Labute approximate surface area is 121 Å². The molecule has 0 unspecified atom stereocenters. The first-order valence-electron chi connectivity index (χ1n) is 6.98. The minimum absolute atomic E-state index is 0.255. The van der Waals surface area contributed by atoms with Crippen LogP contribution in [-0.2, 0) is 14.3 Å². The summed E-state index contributed by atoms with van der Waals surface area (Å²) in [4.78, 5) is 23.0. The highest BCUT2D eigenvalue weighted by molar-refractivity contribution is 5.82. The molecule has 0 heterocycles. The maximum absolute atomic E-state index is 11.7. The van der Waals surface area contributed by atoms with Crippen molar-refractivity contribution in [3.8, 4) is 0 Å². The Bertz CT molecular complexity index is 342. The van der Waals surface area contributed by atoms with Crippen molar-refractivity contribution in [2.45, 2.75) is 59.6 Å². The van der Waals surface area contributed by atoms with Gasteiger partial charge in [-0.2, -0.15) is 0 Å². The molecule has 1 amide bonds. The molecule has 1 N–H and O–H groups in total. The van der Waals surface area contributed by atoms with Crippen LogP contribution < -0.4 is 5.32 Å². The Kier molecular flexibility index (Phi) is 7.96. The van der Waals surface area contributed by atoms with Crippen LogP contribution in [0.4, 0.5) is 4.79 Å². The van der Waals surface area contributed by atoms with Gasteiger partial charge >= 0.3 is 12.1 Å². The molecule has 0 bridgehead atoms. The van der Waals surface area contributed by atoms with E-state index < -0.39 is 17.7 Å². The molecular weight excluding hydrogens is 258 g/mol. The van der Waals surface area contributed by atoms with Gasteiger partial charge in [0, 0.05) is 6.08 Å². The van der Waals surface area contributed by atoms with Crippen LogP contribution in [0, 0.1) is 5.92 Å². The van der Waals surface area contributed by atoms with Gasteiger partial charge in [-0.05, 0) is 40.0 Å². The number of carbonyl (C=O) groups excluding carboxylic acids is 2. The first kappa shape index (κ1) is 18.5. The van der Waals surface area contributed by atoms with E-state index >= 15 is 0 Å². The molecule has 20 heavy (non-hydrogen) atoms. The predicted octanol–water partition coefficient (Wildman–Crippen LogP) is 3.05. The highest BCUT2D eigenvalue weighted by Gasteiger charge is 2.19. The number of rotatable bonds is 6. The highest BCUT2D eigenvalue weighted by Crippen LogP contribution is 2.10. The number of hydrogen-bond donors (Lipinski definition) is 1. The molecular formula is C15H27NO4. The van der Waals surface area contributed by atoms with Gasteiger partial charge in [0.25, 0.3) is 0 Å². The third kappa shape index (κ3) is 10.4. The second kappa shape index (κ2) is 8.61. The van der Waals surface area contributed by atoms with Crippen molar-refractivity contribution in [1.29, 1.82) is 0 Å². The molecule has 0 spiro atoms. The quantitative estimate of drug-likeness (QED) is 0.602. The van der Waals surface area contributed by atoms with Crippen molar-refractivity contribution in [3.63, 3.8) is 0 Å². The molecule has 0 aliphatic carbocycles. The number of esters is 1.